The van der Waals surface area contributed by atoms with Gasteiger partial charge >= 0.3 is 0 Å². The van der Waals surface area contributed by atoms with Gasteiger partial charge in [-0.1, -0.05) is 11.6 Å². The molecule has 35 heavy (non-hydrogen) atoms. The van der Waals surface area contributed by atoms with Crippen LogP contribution in [0, 0.1) is 0 Å². The largest absolute Gasteiger partial charge is 0.490 e. The van der Waals surface area contributed by atoms with Gasteiger partial charge in [0.2, 0.25) is 5.91 Å². The molecular formula is C24H23ClN2O7S. The number of nitrogens with one attached hydrogen (secondary N) is 1. The van der Waals surface area contributed by atoms with Crippen molar-refractivity contribution in [1.82, 2.24) is 4.90 Å². The number of hydrogen-bond acceptors (Lipinski definition) is 8. The fraction of sp³-hybridized carbons (Fsp3) is 0.292. The van der Waals surface area contributed by atoms with E-state index < -0.39 is 23.6 Å². The predicted octanol–water partition coefficient (Wildman–Crippen LogP) is 4.58. The summed E-state index contributed by atoms with van der Waals surface area (Å²) < 4.78 is 22.1. The van der Waals surface area contributed by atoms with E-state index in [0.29, 0.717) is 65.7 Å². The first-order chi connectivity index (χ1) is 16.9. The van der Waals surface area contributed by atoms with Crippen molar-refractivity contribution in [2.45, 2.75) is 13.8 Å². The molecule has 1 saturated heterocycles. The normalized spacial score (nSPS) is 16.0. The Labute approximate surface area is 211 Å². The molecule has 2 aliphatic heterocycles. The molecule has 11 heteroatoms. The minimum Gasteiger partial charge on any atom is -0.490 e. The molecule has 9 nitrogen and oxygen atoms in total. The lowest BCUT2D eigenvalue weighted by Crippen LogP contribution is -2.36. The number of anilines is 1. The molecule has 0 aromatic heterocycles. The smallest absolute Gasteiger partial charge is 0.294 e. The maximum atomic E-state index is 12.9. The summed E-state index contributed by atoms with van der Waals surface area (Å²) in [5.41, 5.74) is 1.03. The van der Waals surface area contributed by atoms with Crippen molar-refractivity contribution in [3.8, 4) is 23.0 Å². The van der Waals surface area contributed by atoms with E-state index in [1.165, 1.54) is 6.08 Å². The van der Waals surface area contributed by atoms with Crippen LogP contribution in [0.15, 0.2) is 35.2 Å². The molecule has 0 aliphatic carbocycles. The van der Waals surface area contributed by atoms with Crippen LogP contribution in [0.4, 0.5) is 10.5 Å². The summed E-state index contributed by atoms with van der Waals surface area (Å²) in [6.07, 6.45) is 1.54. The van der Waals surface area contributed by atoms with Gasteiger partial charge in [0, 0.05) is 11.8 Å². The minimum absolute atomic E-state index is 0.171. The highest BCUT2D eigenvalue weighted by molar-refractivity contribution is 8.18. The van der Waals surface area contributed by atoms with E-state index in [1.807, 2.05) is 13.8 Å². The van der Waals surface area contributed by atoms with Crippen molar-refractivity contribution in [3.05, 3.63) is 45.8 Å². The lowest BCUT2D eigenvalue weighted by Gasteiger charge is -2.19. The van der Waals surface area contributed by atoms with Crippen LogP contribution in [0.5, 0.6) is 23.0 Å². The third-order valence-corrected chi connectivity index (χ3v) is 6.11. The van der Waals surface area contributed by atoms with Crippen molar-refractivity contribution in [2.24, 2.45) is 0 Å². The van der Waals surface area contributed by atoms with E-state index in [9.17, 15) is 14.4 Å². The highest BCUT2D eigenvalue weighted by Crippen LogP contribution is 2.39. The number of thioether (sulfide) groups is 1. The number of rotatable bonds is 8. The minimum atomic E-state index is -0.569. The molecule has 4 rings (SSSR count). The van der Waals surface area contributed by atoms with Crippen LogP contribution in [-0.4, -0.2) is 54.9 Å². The Morgan fingerprint density at radius 1 is 1.11 bits per heavy atom. The maximum absolute atomic E-state index is 12.9. The van der Waals surface area contributed by atoms with Crippen molar-refractivity contribution in [2.75, 3.05) is 38.3 Å². The molecule has 0 atom stereocenters. The van der Waals surface area contributed by atoms with E-state index in [-0.39, 0.29) is 4.91 Å². The van der Waals surface area contributed by atoms with Gasteiger partial charge < -0.3 is 24.3 Å². The number of nitrogens with zero attached hydrogens (tertiary/aromatic N) is 1. The summed E-state index contributed by atoms with van der Waals surface area (Å²) in [5, 5.41) is 2.45. The Hall–Kier alpha value is -3.37. The van der Waals surface area contributed by atoms with Gasteiger partial charge in [0.05, 0.1) is 23.1 Å². The Morgan fingerprint density at radius 2 is 1.86 bits per heavy atom. The third-order valence-electron chi connectivity index (χ3n) is 4.92. The Morgan fingerprint density at radius 3 is 2.60 bits per heavy atom. The zero-order valence-corrected chi connectivity index (χ0v) is 20.7. The van der Waals surface area contributed by atoms with E-state index >= 15 is 0 Å². The fourth-order valence-electron chi connectivity index (χ4n) is 3.47. The van der Waals surface area contributed by atoms with Crippen LogP contribution in [-0.2, 0) is 9.59 Å². The summed E-state index contributed by atoms with van der Waals surface area (Å²) in [5.74, 6) is 0.868. The molecule has 3 amide bonds. The second-order valence-electron chi connectivity index (χ2n) is 7.37. The molecule has 0 saturated carbocycles. The molecule has 0 spiro atoms. The van der Waals surface area contributed by atoms with Crippen molar-refractivity contribution >= 4 is 52.2 Å². The number of amides is 3. The number of carbonyl (C=O) groups excluding carboxylic acids is 3. The van der Waals surface area contributed by atoms with Gasteiger partial charge in [0.15, 0.2) is 23.0 Å². The molecule has 2 aromatic carbocycles. The van der Waals surface area contributed by atoms with Crippen molar-refractivity contribution in [1.29, 1.82) is 0 Å². The van der Waals surface area contributed by atoms with Crippen LogP contribution < -0.4 is 24.3 Å². The molecule has 1 fully saturated rings. The molecule has 2 aromatic rings. The number of halogens is 1. The van der Waals surface area contributed by atoms with E-state index in [4.69, 9.17) is 30.5 Å². The maximum Gasteiger partial charge on any atom is 0.294 e. The molecule has 2 aliphatic rings. The summed E-state index contributed by atoms with van der Waals surface area (Å²) >= 11 is 7.10. The highest BCUT2D eigenvalue weighted by Gasteiger charge is 2.36. The average molecular weight is 519 g/mol. The molecular weight excluding hydrogens is 496 g/mol. The number of benzene rings is 2. The summed E-state index contributed by atoms with van der Waals surface area (Å²) in [7, 11) is 0. The quantitative estimate of drug-likeness (QED) is 0.506. The standard InChI is InChI=1S/C24H23ClN2O7S/c1-3-31-19-10-14(9-16(25)22(19)32-4-2)11-20-23(29)27(24(30)35-20)13-21(28)26-15-5-6-17-18(12-15)34-8-7-33-17/h5-6,9-12H,3-4,7-8,13H2,1-2H3,(H,26,28)/b20-11+. The van der Waals surface area contributed by atoms with E-state index in [1.54, 1.807) is 30.3 Å². The van der Waals surface area contributed by atoms with Gasteiger partial charge in [-0.15, -0.1) is 0 Å². The van der Waals surface area contributed by atoms with Crippen molar-refractivity contribution < 1.29 is 33.3 Å². The Kier molecular flexibility index (Phi) is 7.72. The zero-order chi connectivity index (χ0) is 24.9. The van der Waals surface area contributed by atoms with Crippen LogP contribution in [0.1, 0.15) is 19.4 Å². The molecule has 0 radical (unpaired) electrons. The van der Waals surface area contributed by atoms with Gasteiger partial charge in [-0.05, 0) is 61.5 Å². The number of hydrogen-bond donors (Lipinski definition) is 1. The SMILES string of the molecule is CCOc1cc(/C=C2/SC(=O)N(CC(=O)Nc3ccc4c(c3)OCCO4)C2=O)cc(Cl)c1OCC. The first-order valence-corrected chi connectivity index (χ1v) is 12.1. The van der Waals surface area contributed by atoms with Crippen molar-refractivity contribution in [3.63, 3.8) is 0 Å². The van der Waals surface area contributed by atoms with Gasteiger partial charge in [0.1, 0.15) is 19.8 Å². The second-order valence-corrected chi connectivity index (χ2v) is 8.77. The van der Waals surface area contributed by atoms with E-state index in [2.05, 4.69) is 5.32 Å². The van der Waals surface area contributed by atoms with Gasteiger partial charge in [-0.2, -0.15) is 0 Å². The average Bonchev–Trinajstić information content (AvgIpc) is 3.08. The molecule has 2 heterocycles. The Bertz CT molecular complexity index is 1200. The fourth-order valence-corrected chi connectivity index (χ4v) is 4.58. The predicted molar refractivity (Wildman–Crippen MR) is 133 cm³/mol. The second kappa shape index (κ2) is 10.9. The lowest BCUT2D eigenvalue weighted by molar-refractivity contribution is -0.127. The molecule has 1 N–H and O–H groups in total. The molecule has 0 unspecified atom stereocenters. The topological polar surface area (TPSA) is 103 Å². The van der Waals surface area contributed by atoms with Crippen LogP contribution in [0.25, 0.3) is 6.08 Å². The van der Waals surface area contributed by atoms with Gasteiger partial charge in [-0.25, -0.2) is 0 Å². The Balaban J connectivity index is 1.46. The summed E-state index contributed by atoms with van der Waals surface area (Å²) in [6.45, 7) is 4.92. The molecule has 0 bridgehead atoms. The number of imide groups is 1. The first kappa shape index (κ1) is 24.7. The lowest BCUT2D eigenvalue weighted by atomic mass is 10.1. The first-order valence-electron chi connectivity index (χ1n) is 10.9. The number of fused-ring (bicyclic) bond motifs is 1. The van der Waals surface area contributed by atoms with E-state index in [0.717, 1.165) is 16.7 Å². The van der Waals surface area contributed by atoms with Crippen LogP contribution in [0.3, 0.4) is 0 Å². The van der Waals surface area contributed by atoms with Gasteiger partial charge in [-0.3, -0.25) is 19.3 Å². The monoisotopic (exact) mass is 518 g/mol. The number of carbonyl (C=O) groups is 3. The molecule has 184 valence electrons. The van der Waals surface area contributed by atoms with Crippen LogP contribution in [0.2, 0.25) is 5.02 Å². The van der Waals surface area contributed by atoms with Crippen LogP contribution >= 0.6 is 23.4 Å². The van der Waals surface area contributed by atoms with Gasteiger partial charge in [0.25, 0.3) is 11.1 Å². The third kappa shape index (κ3) is 5.66. The zero-order valence-electron chi connectivity index (χ0n) is 19.1. The summed E-state index contributed by atoms with van der Waals surface area (Å²) in [6, 6.07) is 8.28. The highest BCUT2D eigenvalue weighted by atomic mass is 35.5. The summed E-state index contributed by atoms with van der Waals surface area (Å²) in [4.78, 5) is 39.0. The number of ether oxygens (including phenoxy) is 4.